The quantitative estimate of drug-likeness (QED) is 0.855. The lowest BCUT2D eigenvalue weighted by Crippen LogP contribution is -2.06. The number of thiazole rings is 1. The van der Waals surface area contributed by atoms with Gasteiger partial charge in [0.2, 0.25) is 0 Å². The molecule has 2 rings (SSSR count). The lowest BCUT2D eigenvalue weighted by molar-refractivity contribution is 0.939. The molecule has 4 nitrogen and oxygen atoms in total. The third-order valence-electron chi connectivity index (χ3n) is 1.93. The molecule has 0 fully saturated rings. The molecule has 0 bridgehead atoms. The SMILES string of the molecule is Cc1ccc(NCCc2nccs2)nn1. The van der Waals surface area contributed by atoms with Crippen molar-refractivity contribution in [1.29, 1.82) is 0 Å². The second kappa shape index (κ2) is 4.84. The van der Waals surface area contributed by atoms with Gasteiger partial charge < -0.3 is 5.32 Å². The van der Waals surface area contributed by atoms with E-state index in [1.54, 1.807) is 11.3 Å². The van der Waals surface area contributed by atoms with Crippen LogP contribution in [0.2, 0.25) is 0 Å². The van der Waals surface area contributed by atoms with Crippen molar-refractivity contribution in [2.45, 2.75) is 13.3 Å². The molecule has 2 aromatic rings. The van der Waals surface area contributed by atoms with Crippen molar-refractivity contribution in [3.63, 3.8) is 0 Å². The van der Waals surface area contributed by atoms with E-state index in [4.69, 9.17) is 0 Å². The Morgan fingerprint density at radius 1 is 1.33 bits per heavy atom. The van der Waals surface area contributed by atoms with Gasteiger partial charge in [-0.05, 0) is 19.1 Å². The second-order valence-electron chi connectivity index (χ2n) is 3.16. The molecule has 0 saturated heterocycles. The molecule has 2 aromatic heterocycles. The number of hydrogen-bond acceptors (Lipinski definition) is 5. The molecule has 0 aromatic carbocycles. The molecule has 0 aliphatic heterocycles. The number of aryl methyl sites for hydroxylation is 1. The van der Waals surface area contributed by atoms with Crippen LogP contribution in [0.3, 0.4) is 0 Å². The summed E-state index contributed by atoms with van der Waals surface area (Å²) in [5, 5.41) is 14.3. The summed E-state index contributed by atoms with van der Waals surface area (Å²) in [6.45, 7) is 2.76. The summed E-state index contributed by atoms with van der Waals surface area (Å²) in [7, 11) is 0. The van der Waals surface area contributed by atoms with Gasteiger partial charge in [-0.3, -0.25) is 0 Å². The zero-order valence-corrected chi connectivity index (χ0v) is 9.29. The molecular weight excluding hydrogens is 208 g/mol. The van der Waals surface area contributed by atoms with Gasteiger partial charge >= 0.3 is 0 Å². The summed E-state index contributed by atoms with van der Waals surface area (Å²) in [6, 6.07) is 3.88. The highest BCUT2D eigenvalue weighted by Gasteiger charge is 1.96. The first kappa shape index (κ1) is 10.0. The van der Waals surface area contributed by atoms with Gasteiger partial charge in [-0.2, -0.15) is 5.10 Å². The van der Waals surface area contributed by atoms with Gasteiger partial charge in [-0.15, -0.1) is 16.4 Å². The van der Waals surface area contributed by atoms with E-state index in [1.807, 2.05) is 30.6 Å². The maximum Gasteiger partial charge on any atom is 0.148 e. The van der Waals surface area contributed by atoms with Gasteiger partial charge in [0.25, 0.3) is 0 Å². The maximum absolute atomic E-state index is 4.20. The highest BCUT2D eigenvalue weighted by molar-refractivity contribution is 7.09. The van der Waals surface area contributed by atoms with E-state index in [0.29, 0.717) is 0 Å². The monoisotopic (exact) mass is 220 g/mol. The summed E-state index contributed by atoms with van der Waals surface area (Å²) in [6.07, 6.45) is 2.75. The predicted octanol–water partition coefficient (Wildman–Crippen LogP) is 1.90. The van der Waals surface area contributed by atoms with Crippen molar-refractivity contribution in [2.75, 3.05) is 11.9 Å². The van der Waals surface area contributed by atoms with Crippen LogP contribution in [0.4, 0.5) is 5.82 Å². The van der Waals surface area contributed by atoms with Gasteiger partial charge in [-0.25, -0.2) is 4.98 Å². The van der Waals surface area contributed by atoms with Crippen molar-refractivity contribution in [3.8, 4) is 0 Å². The summed E-state index contributed by atoms with van der Waals surface area (Å²) in [4.78, 5) is 4.20. The van der Waals surface area contributed by atoms with Gasteiger partial charge in [0.05, 0.1) is 10.7 Å². The Labute approximate surface area is 92.4 Å². The van der Waals surface area contributed by atoms with Crippen molar-refractivity contribution >= 4 is 17.2 Å². The van der Waals surface area contributed by atoms with E-state index in [2.05, 4.69) is 20.5 Å². The van der Waals surface area contributed by atoms with Crippen LogP contribution in [0, 0.1) is 6.92 Å². The first-order valence-corrected chi connectivity index (χ1v) is 5.65. The fourth-order valence-electron chi connectivity index (χ4n) is 1.17. The first-order chi connectivity index (χ1) is 7.34. The van der Waals surface area contributed by atoms with E-state index in [9.17, 15) is 0 Å². The molecule has 2 heterocycles. The average molecular weight is 220 g/mol. The predicted molar refractivity (Wildman–Crippen MR) is 61.1 cm³/mol. The Hall–Kier alpha value is -1.49. The van der Waals surface area contributed by atoms with Gasteiger partial charge in [0, 0.05) is 24.5 Å². The van der Waals surface area contributed by atoms with Crippen LogP contribution in [-0.4, -0.2) is 21.7 Å². The first-order valence-electron chi connectivity index (χ1n) is 4.77. The summed E-state index contributed by atoms with van der Waals surface area (Å²) in [5.74, 6) is 0.817. The molecule has 0 unspecified atom stereocenters. The number of nitrogens with zero attached hydrogens (tertiary/aromatic N) is 3. The van der Waals surface area contributed by atoms with E-state index < -0.39 is 0 Å². The standard InChI is InChI=1S/C10H12N4S/c1-8-2-3-9(14-13-8)11-5-4-10-12-6-7-15-10/h2-3,6-7H,4-5H2,1H3,(H,11,14). The second-order valence-corrected chi connectivity index (χ2v) is 4.14. The fraction of sp³-hybridized carbons (Fsp3) is 0.300. The minimum Gasteiger partial charge on any atom is -0.368 e. The Morgan fingerprint density at radius 2 is 2.27 bits per heavy atom. The van der Waals surface area contributed by atoms with Crippen LogP contribution in [0.15, 0.2) is 23.7 Å². The van der Waals surface area contributed by atoms with Crippen LogP contribution in [0.5, 0.6) is 0 Å². The molecular formula is C10H12N4S. The topological polar surface area (TPSA) is 50.7 Å². The van der Waals surface area contributed by atoms with E-state index >= 15 is 0 Å². The molecule has 0 saturated carbocycles. The number of hydrogen-bond donors (Lipinski definition) is 1. The van der Waals surface area contributed by atoms with Crippen molar-refractivity contribution in [3.05, 3.63) is 34.4 Å². The van der Waals surface area contributed by atoms with Crippen LogP contribution in [-0.2, 0) is 6.42 Å². The third-order valence-corrected chi connectivity index (χ3v) is 2.77. The van der Waals surface area contributed by atoms with E-state index in [1.165, 1.54) is 0 Å². The Balaban J connectivity index is 1.81. The van der Waals surface area contributed by atoms with Gasteiger partial charge in [0.15, 0.2) is 0 Å². The number of anilines is 1. The van der Waals surface area contributed by atoms with Crippen molar-refractivity contribution in [1.82, 2.24) is 15.2 Å². The minimum atomic E-state index is 0.817. The molecule has 5 heteroatoms. The molecule has 1 N–H and O–H groups in total. The molecule has 0 radical (unpaired) electrons. The van der Waals surface area contributed by atoms with Crippen molar-refractivity contribution < 1.29 is 0 Å². The highest BCUT2D eigenvalue weighted by atomic mass is 32.1. The van der Waals surface area contributed by atoms with Crippen molar-refractivity contribution in [2.24, 2.45) is 0 Å². The van der Waals surface area contributed by atoms with Crippen LogP contribution in [0.25, 0.3) is 0 Å². The summed E-state index contributed by atoms with van der Waals surface area (Å²) >= 11 is 1.67. The summed E-state index contributed by atoms with van der Waals surface area (Å²) in [5.41, 5.74) is 0.931. The number of nitrogens with one attached hydrogen (secondary N) is 1. The van der Waals surface area contributed by atoms with E-state index in [0.717, 1.165) is 29.5 Å². The van der Waals surface area contributed by atoms with Gasteiger partial charge in [0.1, 0.15) is 5.82 Å². The maximum atomic E-state index is 4.20. The number of rotatable bonds is 4. The molecule has 0 spiro atoms. The smallest absolute Gasteiger partial charge is 0.148 e. The average Bonchev–Trinajstić information content (AvgIpc) is 2.74. The minimum absolute atomic E-state index is 0.817. The lowest BCUT2D eigenvalue weighted by atomic mass is 10.4. The Bertz CT molecular complexity index is 396. The Morgan fingerprint density at radius 3 is 2.93 bits per heavy atom. The Kier molecular flexibility index (Phi) is 3.24. The van der Waals surface area contributed by atoms with Crippen LogP contribution >= 0.6 is 11.3 Å². The fourth-order valence-corrected chi connectivity index (χ4v) is 1.79. The van der Waals surface area contributed by atoms with Crippen LogP contribution in [0.1, 0.15) is 10.7 Å². The third kappa shape index (κ3) is 2.99. The van der Waals surface area contributed by atoms with E-state index in [-0.39, 0.29) is 0 Å². The zero-order chi connectivity index (χ0) is 10.5. The molecule has 78 valence electrons. The number of aromatic nitrogens is 3. The lowest BCUT2D eigenvalue weighted by Gasteiger charge is -2.02. The van der Waals surface area contributed by atoms with Gasteiger partial charge in [-0.1, -0.05) is 0 Å². The highest BCUT2D eigenvalue weighted by Crippen LogP contribution is 2.05. The normalized spacial score (nSPS) is 10.2. The largest absolute Gasteiger partial charge is 0.368 e. The molecule has 15 heavy (non-hydrogen) atoms. The molecule has 0 aliphatic carbocycles. The molecule has 0 aliphatic rings. The summed E-state index contributed by atoms with van der Waals surface area (Å²) < 4.78 is 0. The molecule has 0 atom stereocenters. The molecule has 0 amide bonds. The van der Waals surface area contributed by atoms with Crippen LogP contribution < -0.4 is 5.32 Å². The zero-order valence-electron chi connectivity index (χ0n) is 8.47.